The highest BCUT2D eigenvalue weighted by molar-refractivity contribution is 9.10. The van der Waals surface area contributed by atoms with E-state index in [0.29, 0.717) is 19.6 Å². The van der Waals surface area contributed by atoms with Gasteiger partial charge in [0.1, 0.15) is 5.25 Å². The Hall–Kier alpha value is -1.13. The lowest BCUT2D eigenvalue weighted by atomic mass is 9.94. The van der Waals surface area contributed by atoms with Crippen LogP contribution in [0.4, 0.5) is 5.69 Å². The van der Waals surface area contributed by atoms with Gasteiger partial charge in [-0.05, 0) is 37.6 Å². The van der Waals surface area contributed by atoms with E-state index in [9.17, 15) is 13.2 Å². The number of rotatable bonds is 5. The van der Waals surface area contributed by atoms with Crippen LogP contribution >= 0.6 is 27.5 Å². The lowest BCUT2D eigenvalue weighted by Crippen LogP contribution is -2.42. The molecule has 0 amide bonds. The van der Waals surface area contributed by atoms with Gasteiger partial charge in [-0.3, -0.25) is 4.72 Å². The van der Waals surface area contributed by atoms with Crippen molar-refractivity contribution in [1.29, 1.82) is 0 Å². The van der Waals surface area contributed by atoms with Crippen LogP contribution in [0.2, 0.25) is 5.02 Å². The van der Waals surface area contributed by atoms with E-state index >= 15 is 0 Å². The molecule has 1 aliphatic heterocycles. The van der Waals surface area contributed by atoms with Crippen LogP contribution in [-0.4, -0.2) is 45.2 Å². The molecule has 1 saturated heterocycles. The number of carbonyl (C=O) groups is 1. The predicted molar refractivity (Wildman–Crippen MR) is 104 cm³/mol. The average Bonchev–Trinajstić information content (AvgIpc) is 3.05. The Labute approximate surface area is 171 Å². The number of halogens is 2. The molecule has 1 fully saturated rings. The van der Waals surface area contributed by atoms with Crippen LogP contribution in [0.15, 0.2) is 34.3 Å². The van der Waals surface area contributed by atoms with Gasteiger partial charge in [0, 0.05) is 10.9 Å². The zero-order chi connectivity index (χ0) is 19.7. The third kappa shape index (κ3) is 4.48. The largest absolute Gasteiger partial charge is 0.463 e. The van der Waals surface area contributed by atoms with E-state index in [2.05, 4.69) is 20.7 Å². The molecule has 7 nitrogen and oxygen atoms in total. The summed E-state index contributed by atoms with van der Waals surface area (Å²) >= 11 is 9.39. The van der Waals surface area contributed by atoms with Crippen molar-refractivity contribution < 1.29 is 27.4 Å². The highest BCUT2D eigenvalue weighted by Crippen LogP contribution is 2.38. The Morgan fingerprint density at radius 1 is 1.41 bits per heavy atom. The second kappa shape index (κ2) is 8.08. The summed E-state index contributed by atoms with van der Waals surface area (Å²) < 4.78 is 45.5. The maximum atomic E-state index is 13.0. The molecule has 27 heavy (non-hydrogen) atoms. The molecule has 1 atom stereocenters. The van der Waals surface area contributed by atoms with Gasteiger partial charge in [0.15, 0.2) is 5.79 Å². The molecule has 1 aromatic rings. The molecule has 1 aromatic carbocycles. The van der Waals surface area contributed by atoms with Crippen LogP contribution in [-0.2, 0) is 29.0 Å². The summed E-state index contributed by atoms with van der Waals surface area (Å²) in [6.45, 7) is 2.56. The fraction of sp³-hybridized carbons (Fsp3) is 0.471. The smallest absolute Gasteiger partial charge is 0.335 e. The van der Waals surface area contributed by atoms with Crippen molar-refractivity contribution in [3.05, 3.63) is 39.3 Å². The Morgan fingerprint density at radius 2 is 2.11 bits per heavy atom. The molecule has 0 saturated carbocycles. The van der Waals surface area contributed by atoms with Gasteiger partial charge in [-0.2, -0.15) is 0 Å². The van der Waals surface area contributed by atoms with Crippen LogP contribution in [0.3, 0.4) is 0 Å². The van der Waals surface area contributed by atoms with Crippen molar-refractivity contribution in [3.8, 4) is 0 Å². The summed E-state index contributed by atoms with van der Waals surface area (Å²) in [6, 6.07) is 4.80. The molecular weight excluding hydrogens is 462 g/mol. The Balaban J connectivity index is 1.93. The molecule has 1 aliphatic carbocycles. The highest BCUT2D eigenvalue weighted by atomic mass is 79.9. The number of carbonyl (C=O) groups excluding carboxylic acids is 1. The summed E-state index contributed by atoms with van der Waals surface area (Å²) in [7, 11) is -3.96. The Kier molecular flexibility index (Phi) is 6.17. The van der Waals surface area contributed by atoms with Crippen LogP contribution in [0.25, 0.3) is 0 Å². The van der Waals surface area contributed by atoms with Crippen LogP contribution in [0.1, 0.15) is 19.8 Å². The van der Waals surface area contributed by atoms with E-state index < -0.39 is 27.0 Å². The van der Waals surface area contributed by atoms with Gasteiger partial charge in [-0.15, -0.1) is 0 Å². The van der Waals surface area contributed by atoms with Gasteiger partial charge >= 0.3 is 5.97 Å². The molecule has 2 aliphatic rings. The van der Waals surface area contributed by atoms with E-state index in [1.165, 1.54) is 6.08 Å². The van der Waals surface area contributed by atoms with Crippen LogP contribution < -0.4 is 4.72 Å². The van der Waals surface area contributed by atoms with Gasteiger partial charge < -0.3 is 14.2 Å². The molecular formula is C17H19BrClNO6S. The van der Waals surface area contributed by atoms with E-state index in [1.54, 1.807) is 25.1 Å². The van der Waals surface area contributed by atoms with Gasteiger partial charge in [0.2, 0.25) is 10.0 Å². The SMILES string of the molecule is CCOC(=O)C1=CC2(CCC1S(=O)(=O)Nc1ccc(Br)cc1Cl)OCCO2. The van der Waals surface area contributed by atoms with E-state index in [4.69, 9.17) is 25.8 Å². The molecule has 1 N–H and O–H groups in total. The summed E-state index contributed by atoms with van der Waals surface area (Å²) in [5, 5.41) is -0.862. The minimum absolute atomic E-state index is 0.00531. The maximum absolute atomic E-state index is 13.0. The zero-order valence-corrected chi connectivity index (χ0v) is 17.7. The van der Waals surface area contributed by atoms with E-state index in [-0.39, 0.29) is 29.3 Å². The minimum atomic E-state index is -3.96. The first-order valence-corrected chi connectivity index (χ1v) is 11.1. The highest BCUT2D eigenvalue weighted by Gasteiger charge is 2.46. The van der Waals surface area contributed by atoms with Crippen molar-refractivity contribution in [1.82, 2.24) is 0 Å². The zero-order valence-electron chi connectivity index (χ0n) is 14.5. The van der Waals surface area contributed by atoms with Crippen molar-refractivity contribution >= 4 is 49.2 Å². The molecule has 1 spiro atoms. The third-order valence-corrected chi connectivity index (χ3v) is 6.87. The molecule has 1 unspecified atom stereocenters. The first-order valence-electron chi connectivity index (χ1n) is 8.41. The van der Waals surface area contributed by atoms with Crippen molar-refractivity contribution in [2.45, 2.75) is 30.8 Å². The topological polar surface area (TPSA) is 90.9 Å². The molecule has 10 heteroatoms. The van der Waals surface area contributed by atoms with Gasteiger partial charge in [0.05, 0.1) is 36.1 Å². The monoisotopic (exact) mass is 479 g/mol. The maximum Gasteiger partial charge on any atom is 0.335 e. The molecule has 3 rings (SSSR count). The van der Waals surface area contributed by atoms with Gasteiger partial charge in [-0.25, -0.2) is 13.2 Å². The number of ether oxygens (including phenoxy) is 3. The molecule has 148 valence electrons. The summed E-state index contributed by atoms with van der Waals surface area (Å²) in [6.07, 6.45) is 1.90. The number of hydrogen-bond acceptors (Lipinski definition) is 6. The fourth-order valence-electron chi connectivity index (χ4n) is 3.11. The fourth-order valence-corrected chi connectivity index (χ4v) is 5.44. The Bertz CT molecular complexity index is 866. The summed E-state index contributed by atoms with van der Waals surface area (Å²) in [5.41, 5.74) is 0.238. The number of hydrogen-bond donors (Lipinski definition) is 1. The lowest BCUT2D eigenvalue weighted by molar-refractivity contribution is -0.143. The van der Waals surface area contributed by atoms with Crippen molar-refractivity contribution in [2.24, 2.45) is 0 Å². The predicted octanol–water partition coefficient (Wildman–Crippen LogP) is 3.24. The molecule has 0 radical (unpaired) electrons. The Morgan fingerprint density at radius 3 is 2.74 bits per heavy atom. The van der Waals surface area contributed by atoms with E-state index in [0.717, 1.165) is 4.47 Å². The molecule has 0 aromatic heterocycles. The number of nitrogens with one attached hydrogen (secondary N) is 1. The second-order valence-corrected chi connectivity index (χ2v) is 9.31. The van der Waals surface area contributed by atoms with Gasteiger partial charge in [0.25, 0.3) is 0 Å². The quantitative estimate of drug-likeness (QED) is 0.651. The van der Waals surface area contributed by atoms with Crippen LogP contribution in [0.5, 0.6) is 0 Å². The first-order chi connectivity index (χ1) is 12.8. The standard InChI is InChI=1S/C17H19BrClNO6S/c1-2-24-16(21)12-10-17(25-7-8-26-17)6-5-15(12)27(22,23)20-14-4-3-11(18)9-13(14)19/h3-4,9-10,15,20H,2,5-8H2,1H3. The number of esters is 1. The van der Waals surface area contributed by atoms with Crippen molar-refractivity contribution in [3.63, 3.8) is 0 Å². The second-order valence-electron chi connectivity index (χ2n) is 6.13. The van der Waals surface area contributed by atoms with Crippen LogP contribution in [0, 0.1) is 0 Å². The first kappa shape index (κ1) is 20.6. The summed E-state index contributed by atoms with van der Waals surface area (Å²) in [4.78, 5) is 12.4. The normalized spacial score (nSPS) is 21.7. The molecule has 1 heterocycles. The van der Waals surface area contributed by atoms with Crippen molar-refractivity contribution in [2.75, 3.05) is 24.5 Å². The minimum Gasteiger partial charge on any atom is -0.463 e. The summed E-state index contributed by atoms with van der Waals surface area (Å²) in [5.74, 6) is -1.77. The third-order valence-electron chi connectivity index (χ3n) is 4.32. The van der Waals surface area contributed by atoms with E-state index in [1.807, 2.05) is 0 Å². The number of sulfonamides is 1. The molecule has 0 bridgehead atoms. The average molecular weight is 481 g/mol. The van der Waals surface area contributed by atoms with Gasteiger partial charge in [-0.1, -0.05) is 27.5 Å². The number of benzene rings is 1. The lowest BCUT2D eigenvalue weighted by Gasteiger charge is -2.33. The number of anilines is 1.